The summed E-state index contributed by atoms with van der Waals surface area (Å²) < 4.78 is 75.1. The van der Waals surface area contributed by atoms with E-state index in [4.69, 9.17) is 0 Å². The van der Waals surface area contributed by atoms with Crippen LogP contribution in [0, 0.1) is 10.1 Å². The summed E-state index contributed by atoms with van der Waals surface area (Å²) in [5.74, 6) is 0. The Kier molecular flexibility index (Phi) is 5.19. The Morgan fingerprint density at radius 1 is 0.923 bits per heavy atom. The highest BCUT2D eigenvalue weighted by molar-refractivity contribution is 5.80. The zero-order valence-corrected chi connectivity index (χ0v) is 12.6. The number of hydrazone groups is 1. The van der Waals surface area contributed by atoms with E-state index < -0.39 is 34.1 Å². The van der Waals surface area contributed by atoms with Crippen LogP contribution in [0.4, 0.5) is 37.7 Å². The minimum absolute atomic E-state index is 0.250. The largest absolute Gasteiger partial charge is 0.416 e. The van der Waals surface area contributed by atoms with Gasteiger partial charge in [0.05, 0.1) is 22.3 Å². The van der Waals surface area contributed by atoms with Crippen LogP contribution in [-0.4, -0.2) is 11.1 Å². The Labute approximate surface area is 142 Å². The van der Waals surface area contributed by atoms with Gasteiger partial charge in [0.25, 0.3) is 5.69 Å². The lowest BCUT2D eigenvalue weighted by molar-refractivity contribution is -0.384. The van der Waals surface area contributed by atoms with Crippen LogP contribution < -0.4 is 5.43 Å². The van der Waals surface area contributed by atoms with E-state index in [1.54, 1.807) is 0 Å². The second kappa shape index (κ2) is 7.02. The van der Waals surface area contributed by atoms with Crippen LogP contribution in [0.2, 0.25) is 0 Å². The molecule has 0 aromatic heterocycles. The lowest BCUT2D eigenvalue weighted by Crippen LogP contribution is -2.06. The van der Waals surface area contributed by atoms with Crippen molar-refractivity contribution in [1.29, 1.82) is 0 Å². The number of halogens is 6. The van der Waals surface area contributed by atoms with Gasteiger partial charge < -0.3 is 0 Å². The smallest absolute Gasteiger partial charge is 0.272 e. The number of rotatable bonds is 4. The summed E-state index contributed by atoms with van der Waals surface area (Å²) >= 11 is 0. The zero-order valence-electron chi connectivity index (χ0n) is 12.6. The highest BCUT2D eigenvalue weighted by Crippen LogP contribution is 2.35. The molecule has 0 amide bonds. The molecule has 0 heterocycles. The summed E-state index contributed by atoms with van der Waals surface area (Å²) in [6.45, 7) is 0. The third kappa shape index (κ3) is 4.71. The Bertz CT molecular complexity index is 829. The molecular formula is C15H9F6N3O2. The predicted octanol–water partition coefficient (Wildman–Crippen LogP) is 5.08. The van der Waals surface area contributed by atoms with E-state index in [9.17, 15) is 36.5 Å². The third-order valence-electron chi connectivity index (χ3n) is 3.16. The Balaban J connectivity index is 2.18. The van der Waals surface area contributed by atoms with Crippen molar-refractivity contribution in [3.05, 3.63) is 69.3 Å². The number of nitrogens with zero attached hydrogens (tertiary/aromatic N) is 2. The van der Waals surface area contributed by atoms with E-state index in [1.807, 2.05) is 0 Å². The SMILES string of the molecule is O=[N+]([O-])c1cc(C(F)(F)F)ccc1NN=Cc1ccc(C(F)(F)F)cc1. The first-order chi connectivity index (χ1) is 12.0. The average molecular weight is 377 g/mol. The van der Waals surface area contributed by atoms with E-state index in [0.717, 1.165) is 36.5 Å². The van der Waals surface area contributed by atoms with Crippen molar-refractivity contribution < 1.29 is 31.3 Å². The molecule has 0 saturated carbocycles. The Morgan fingerprint density at radius 2 is 1.46 bits per heavy atom. The van der Waals surface area contributed by atoms with Gasteiger partial charge in [0, 0.05) is 6.07 Å². The standard InChI is InChI=1S/C15H9F6N3O2/c16-14(17,18)10-3-1-9(2-4-10)8-22-23-12-6-5-11(15(19,20)21)7-13(12)24(25)26/h1-8,23H. The zero-order chi connectivity index (χ0) is 19.5. The van der Waals surface area contributed by atoms with Crippen LogP contribution in [0.5, 0.6) is 0 Å². The summed E-state index contributed by atoms with van der Waals surface area (Å²) in [4.78, 5) is 9.90. The predicted molar refractivity (Wildman–Crippen MR) is 80.8 cm³/mol. The first-order valence-corrected chi connectivity index (χ1v) is 6.80. The fourth-order valence-corrected chi connectivity index (χ4v) is 1.89. The van der Waals surface area contributed by atoms with Crippen LogP contribution in [-0.2, 0) is 12.4 Å². The fourth-order valence-electron chi connectivity index (χ4n) is 1.89. The molecule has 26 heavy (non-hydrogen) atoms. The number of benzene rings is 2. The molecule has 0 unspecified atom stereocenters. The molecule has 0 saturated heterocycles. The first-order valence-electron chi connectivity index (χ1n) is 6.80. The van der Waals surface area contributed by atoms with Crippen LogP contribution in [0.15, 0.2) is 47.6 Å². The molecule has 0 aliphatic heterocycles. The summed E-state index contributed by atoms with van der Waals surface area (Å²) in [6, 6.07) is 5.72. The molecule has 2 aromatic rings. The number of hydrogen-bond donors (Lipinski definition) is 1. The number of nitro benzene ring substituents is 1. The summed E-state index contributed by atoms with van der Waals surface area (Å²) in [6.07, 6.45) is -8.16. The number of hydrogen-bond acceptors (Lipinski definition) is 4. The van der Waals surface area contributed by atoms with Crippen molar-refractivity contribution in [3.8, 4) is 0 Å². The van der Waals surface area contributed by atoms with Crippen molar-refractivity contribution in [2.45, 2.75) is 12.4 Å². The van der Waals surface area contributed by atoms with Crippen molar-refractivity contribution in [3.63, 3.8) is 0 Å². The lowest BCUT2D eigenvalue weighted by Gasteiger charge is -2.08. The van der Waals surface area contributed by atoms with Gasteiger partial charge in [-0.1, -0.05) is 12.1 Å². The highest BCUT2D eigenvalue weighted by atomic mass is 19.4. The molecule has 5 nitrogen and oxygen atoms in total. The molecule has 0 radical (unpaired) electrons. The van der Waals surface area contributed by atoms with Gasteiger partial charge >= 0.3 is 12.4 Å². The summed E-state index contributed by atoms with van der Waals surface area (Å²) in [7, 11) is 0. The van der Waals surface area contributed by atoms with Gasteiger partial charge in [-0.15, -0.1) is 0 Å². The Hall–Kier alpha value is -3.11. The second-order valence-corrected chi connectivity index (χ2v) is 4.98. The van der Waals surface area contributed by atoms with Gasteiger partial charge in [0.15, 0.2) is 0 Å². The lowest BCUT2D eigenvalue weighted by atomic mass is 10.1. The summed E-state index contributed by atoms with van der Waals surface area (Å²) in [5.41, 5.74) is -0.741. The molecule has 1 N–H and O–H groups in total. The Morgan fingerprint density at radius 3 is 1.96 bits per heavy atom. The fraction of sp³-hybridized carbons (Fsp3) is 0.133. The monoisotopic (exact) mass is 377 g/mol. The van der Waals surface area contributed by atoms with Crippen molar-refractivity contribution in [1.82, 2.24) is 0 Å². The van der Waals surface area contributed by atoms with Crippen molar-refractivity contribution >= 4 is 17.6 Å². The maximum absolute atomic E-state index is 12.6. The molecule has 2 rings (SSSR count). The number of anilines is 1. The van der Waals surface area contributed by atoms with Crippen molar-refractivity contribution in [2.75, 3.05) is 5.43 Å². The van der Waals surface area contributed by atoms with Gasteiger partial charge in [0.1, 0.15) is 5.69 Å². The molecule has 138 valence electrons. The number of alkyl halides is 6. The van der Waals surface area contributed by atoms with Crippen LogP contribution in [0.3, 0.4) is 0 Å². The normalized spacial score (nSPS) is 12.4. The van der Waals surface area contributed by atoms with Gasteiger partial charge in [-0.2, -0.15) is 31.4 Å². The van der Waals surface area contributed by atoms with E-state index in [-0.39, 0.29) is 11.3 Å². The highest BCUT2D eigenvalue weighted by Gasteiger charge is 2.33. The van der Waals surface area contributed by atoms with Gasteiger partial charge in [-0.05, 0) is 29.8 Å². The third-order valence-corrected chi connectivity index (χ3v) is 3.16. The average Bonchev–Trinajstić information content (AvgIpc) is 2.53. The topological polar surface area (TPSA) is 67.5 Å². The van der Waals surface area contributed by atoms with Crippen LogP contribution >= 0.6 is 0 Å². The quantitative estimate of drug-likeness (QED) is 0.350. The van der Waals surface area contributed by atoms with Crippen LogP contribution in [0.1, 0.15) is 16.7 Å². The molecular weight excluding hydrogens is 368 g/mol. The molecule has 11 heteroatoms. The van der Waals surface area contributed by atoms with E-state index >= 15 is 0 Å². The van der Waals surface area contributed by atoms with E-state index in [2.05, 4.69) is 10.5 Å². The van der Waals surface area contributed by atoms with Crippen molar-refractivity contribution in [2.24, 2.45) is 5.10 Å². The minimum Gasteiger partial charge on any atom is -0.272 e. The van der Waals surface area contributed by atoms with Gasteiger partial charge in [-0.25, -0.2) is 0 Å². The summed E-state index contributed by atoms with van der Waals surface area (Å²) in [5, 5.41) is 14.5. The second-order valence-electron chi connectivity index (χ2n) is 4.98. The maximum Gasteiger partial charge on any atom is 0.416 e. The molecule has 0 aliphatic carbocycles. The molecule has 2 aromatic carbocycles. The van der Waals surface area contributed by atoms with Crippen LogP contribution in [0.25, 0.3) is 0 Å². The molecule has 0 bridgehead atoms. The molecule has 0 spiro atoms. The molecule has 0 atom stereocenters. The number of nitro groups is 1. The van der Waals surface area contributed by atoms with E-state index in [1.165, 1.54) is 0 Å². The minimum atomic E-state index is -4.74. The molecule has 0 aliphatic rings. The van der Waals surface area contributed by atoms with E-state index in [0.29, 0.717) is 12.1 Å². The first kappa shape index (κ1) is 19.2. The maximum atomic E-state index is 12.6. The number of nitrogens with one attached hydrogen (secondary N) is 1. The van der Waals surface area contributed by atoms with Gasteiger partial charge in [-0.3, -0.25) is 15.5 Å². The van der Waals surface area contributed by atoms with Gasteiger partial charge in [0.2, 0.25) is 0 Å². The molecule has 0 fully saturated rings.